The van der Waals surface area contributed by atoms with Gasteiger partial charge in [0.1, 0.15) is 16.5 Å². The predicted octanol–water partition coefficient (Wildman–Crippen LogP) is 4.48. The van der Waals surface area contributed by atoms with E-state index in [9.17, 15) is 0 Å². The molecule has 0 N–H and O–H groups in total. The van der Waals surface area contributed by atoms with Crippen LogP contribution < -0.4 is 9.47 Å². The Hall–Kier alpha value is -2.33. The van der Waals surface area contributed by atoms with Gasteiger partial charge in [0.25, 0.3) is 0 Å². The van der Waals surface area contributed by atoms with E-state index in [2.05, 4.69) is 4.98 Å². The number of rotatable bonds is 4. The first-order valence-electron chi connectivity index (χ1n) is 6.55. The van der Waals surface area contributed by atoms with Crippen molar-refractivity contribution in [3.63, 3.8) is 0 Å². The van der Waals surface area contributed by atoms with Crippen molar-refractivity contribution in [3.05, 3.63) is 53.0 Å². The van der Waals surface area contributed by atoms with Gasteiger partial charge in [-0.05, 0) is 42.0 Å². The Morgan fingerprint density at radius 2 is 1.62 bits per heavy atom. The highest BCUT2D eigenvalue weighted by molar-refractivity contribution is 7.19. The molecule has 0 saturated heterocycles. The summed E-state index contributed by atoms with van der Waals surface area (Å²) < 4.78 is 11.5. The van der Waals surface area contributed by atoms with Crippen molar-refractivity contribution in [1.82, 2.24) is 4.98 Å². The lowest BCUT2D eigenvalue weighted by molar-refractivity contribution is 0.415. The van der Waals surface area contributed by atoms with E-state index < -0.39 is 0 Å². The molecular formula is C17H15NO2S. The van der Waals surface area contributed by atoms with Crippen molar-refractivity contribution in [2.24, 2.45) is 0 Å². The van der Waals surface area contributed by atoms with Gasteiger partial charge in [0.15, 0.2) is 0 Å². The molecule has 0 amide bonds. The summed E-state index contributed by atoms with van der Waals surface area (Å²) in [7, 11) is 3.34. The number of thiazole rings is 1. The van der Waals surface area contributed by atoms with E-state index in [0.29, 0.717) is 0 Å². The van der Waals surface area contributed by atoms with Crippen molar-refractivity contribution < 1.29 is 9.47 Å². The molecule has 0 atom stereocenters. The Kier molecular flexibility index (Phi) is 3.88. The normalized spacial score (nSPS) is 11.1. The number of nitrogens with zero attached hydrogens (tertiary/aromatic N) is 1. The summed E-state index contributed by atoms with van der Waals surface area (Å²) in [6, 6.07) is 13.9. The van der Waals surface area contributed by atoms with Crippen LogP contribution in [0.1, 0.15) is 10.6 Å². The van der Waals surface area contributed by atoms with Gasteiger partial charge in [-0.15, -0.1) is 11.3 Å². The molecule has 0 aliphatic heterocycles. The van der Waals surface area contributed by atoms with E-state index in [0.717, 1.165) is 32.3 Å². The molecule has 0 aliphatic carbocycles. The minimum Gasteiger partial charge on any atom is -0.497 e. The van der Waals surface area contributed by atoms with Gasteiger partial charge in [-0.3, -0.25) is 0 Å². The van der Waals surface area contributed by atoms with Crippen LogP contribution in [0.25, 0.3) is 22.4 Å². The first kappa shape index (κ1) is 13.6. The number of hydrogen-bond donors (Lipinski definition) is 0. The van der Waals surface area contributed by atoms with Gasteiger partial charge >= 0.3 is 0 Å². The standard InChI is InChI=1S/C17H15NO2S/c1-19-13-6-3-12(4-7-13)5-10-17-18-15-9-8-14(20-2)11-16(15)21-17/h3-11H,1-2H3/b10-5+. The molecule has 3 nitrogen and oxygen atoms in total. The van der Waals surface area contributed by atoms with Crippen LogP contribution in [0.2, 0.25) is 0 Å². The molecule has 3 rings (SSSR count). The van der Waals surface area contributed by atoms with Crippen LogP contribution in [0, 0.1) is 0 Å². The van der Waals surface area contributed by atoms with E-state index in [4.69, 9.17) is 9.47 Å². The molecule has 21 heavy (non-hydrogen) atoms. The van der Waals surface area contributed by atoms with Gasteiger partial charge in [-0.25, -0.2) is 4.98 Å². The Bertz CT molecular complexity index is 775. The first-order valence-corrected chi connectivity index (χ1v) is 7.37. The zero-order valence-electron chi connectivity index (χ0n) is 11.9. The van der Waals surface area contributed by atoms with E-state index in [-0.39, 0.29) is 0 Å². The zero-order chi connectivity index (χ0) is 14.7. The zero-order valence-corrected chi connectivity index (χ0v) is 12.7. The van der Waals surface area contributed by atoms with Gasteiger partial charge in [0, 0.05) is 0 Å². The second kappa shape index (κ2) is 5.97. The maximum absolute atomic E-state index is 5.23. The molecule has 0 unspecified atom stereocenters. The number of methoxy groups -OCH3 is 2. The lowest BCUT2D eigenvalue weighted by atomic mass is 10.2. The maximum Gasteiger partial charge on any atom is 0.120 e. The van der Waals surface area contributed by atoms with Crippen molar-refractivity contribution in [2.75, 3.05) is 14.2 Å². The lowest BCUT2D eigenvalue weighted by Crippen LogP contribution is -1.81. The summed E-state index contributed by atoms with van der Waals surface area (Å²) in [5, 5.41) is 0.981. The molecule has 0 saturated carbocycles. The second-order valence-corrected chi connectivity index (χ2v) is 5.55. The van der Waals surface area contributed by atoms with Gasteiger partial charge in [-0.1, -0.05) is 18.2 Å². The number of hydrogen-bond acceptors (Lipinski definition) is 4. The second-order valence-electron chi connectivity index (χ2n) is 4.49. The lowest BCUT2D eigenvalue weighted by Gasteiger charge is -1.98. The number of fused-ring (bicyclic) bond motifs is 1. The highest BCUT2D eigenvalue weighted by Gasteiger charge is 2.02. The minimum absolute atomic E-state index is 0.858. The average Bonchev–Trinajstić information content (AvgIpc) is 2.95. The average molecular weight is 297 g/mol. The quantitative estimate of drug-likeness (QED) is 0.711. The topological polar surface area (TPSA) is 31.4 Å². The number of benzene rings is 2. The van der Waals surface area contributed by atoms with Gasteiger partial charge in [-0.2, -0.15) is 0 Å². The third-order valence-electron chi connectivity index (χ3n) is 3.15. The molecule has 0 bridgehead atoms. The van der Waals surface area contributed by atoms with E-state index in [1.807, 2.05) is 54.6 Å². The summed E-state index contributed by atoms with van der Waals surface area (Å²) in [4.78, 5) is 4.59. The predicted molar refractivity (Wildman–Crippen MR) is 88.1 cm³/mol. The van der Waals surface area contributed by atoms with Gasteiger partial charge < -0.3 is 9.47 Å². The fourth-order valence-corrected chi connectivity index (χ4v) is 2.90. The third-order valence-corrected chi connectivity index (χ3v) is 4.13. The first-order chi connectivity index (χ1) is 10.3. The summed E-state index contributed by atoms with van der Waals surface area (Å²) >= 11 is 1.65. The highest BCUT2D eigenvalue weighted by atomic mass is 32.1. The molecule has 4 heteroatoms. The number of aromatic nitrogens is 1. The van der Waals surface area contributed by atoms with Crippen molar-refractivity contribution in [1.29, 1.82) is 0 Å². The van der Waals surface area contributed by atoms with Crippen molar-refractivity contribution in [2.45, 2.75) is 0 Å². The van der Waals surface area contributed by atoms with Crippen molar-refractivity contribution >= 4 is 33.7 Å². The molecule has 2 aromatic carbocycles. The van der Waals surface area contributed by atoms with Crippen LogP contribution >= 0.6 is 11.3 Å². The molecule has 106 valence electrons. The molecular weight excluding hydrogens is 282 g/mol. The van der Waals surface area contributed by atoms with Gasteiger partial charge in [0.05, 0.1) is 24.4 Å². The summed E-state index contributed by atoms with van der Waals surface area (Å²) in [5.41, 5.74) is 2.11. The largest absolute Gasteiger partial charge is 0.497 e. The van der Waals surface area contributed by atoms with Crippen LogP contribution in [0.4, 0.5) is 0 Å². The Labute approximate surface area is 127 Å². The SMILES string of the molecule is COc1ccc(/C=C/c2nc3ccc(OC)cc3s2)cc1. The van der Waals surface area contributed by atoms with Crippen LogP contribution in [0.3, 0.4) is 0 Å². The molecule has 3 aromatic rings. The molecule has 0 fully saturated rings. The summed E-state index contributed by atoms with van der Waals surface area (Å²) in [5.74, 6) is 1.72. The Balaban J connectivity index is 1.84. The molecule has 0 spiro atoms. The molecule has 1 heterocycles. The Morgan fingerprint density at radius 3 is 2.33 bits per heavy atom. The highest BCUT2D eigenvalue weighted by Crippen LogP contribution is 2.27. The van der Waals surface area contributed by atoms with Crippen molar-refractivity contribution in [3.8, 4) is 11.5 Å². The summed E-state index contributed by atoms with van der Waals surface area (Å²) in [6.45, 7) is 0. The van der Waals surface area contributed by atoms with E-state index in [1.54, 1.807) is 25.6 Å². The third kappa shape index (κ3) is 3.06. The number of ether oxygens (including phenoxy) is 2. The van der Waals surface area contributed by atoms with Crippen LogP contribution in [0.5, 0.6) is 11.5 Å². The van der Waals surface area contributed by atoms with Crippen LogP contribution in [-0.4, -0.2) is 19.2 Å². The van der Waals surface area contributed by atoms with Crippen LogP contribution in [-0.2, 0) is 0 Å². The van der Waals surface area contributed by atoms with Gasteiger partial charge in [0.2, 0.25) is 0 Å². The van der Waals surface area contributed by atoms with E-state index in [1.165, 1.54) is 0 Å². The van der Waals surface area contributed by atoms with Crippen LogP contribution in [0.15, 0.2) is 42.5 Å². The monoisotopic (exact) mass is 297 g/mol. The maximum atomic E-state index is 5.23. The Morgan fingerprint density at radius 1 is 0.905 bits per heavy atom. The summed E-state index contributed by atoms with van der Waals surface area (Å²) in [6.07, 6.45) is 4.08. The molecule has 1 aromatic heterocycles. The minimum atomic E-state index is 0.858. The molecule has 0 radical (unpaired) electrons. The van der Waals surface area contributed by atoms with E-state index >= 15 is 0 Å². The fraction of sp³-hybridized carbons (Fsp3) is 0.118. The smallest absolute Gasteiger partial charge is 0.120 e. The fourth-order valence-electron chi connectivity index (χ4n) is 2.00. The molecule has 0 aliphatic rings.